The number of benzene rings is 1. The molecule has 0 saturated heterocycles. The Labute approximate surface area is 95.2 Å². The summed E-state index contributed by atoms with van der Waals surface area (Å²) >= 11 is 0. The molecule has 0 aliphatic carbocycles. The van der Waals surface area contributed by atoms with Crippen LogP contribution < -0.4 is 0 Å². The van der Waals surface area contributed by atoms with E-state index >= 15 is 0 Å². The molecule has 1 aliphatic rings. The van der Waals surface area contributed by atoms with Crippen molar-refractivity contribution in [1.29, 1.82) is 0 Å². The summed E-state index contributed by atoms with van der Waals surface area (Å²) in [6.45, 7) is 4.28. The Morgan fingerprint density at radius 3 is 2.62 bits per heavy atom. The molecule has 0 radical (unpaired) electrons. The molecule has 3 nitrogen and oxygen atoms in total. The first-order valence-corrected chi connectivity index (χ1v) is 5.44. The van der Waals surface area contributed by atoms with Gasteiger partial charge >= 0.3 is 0 Å². The fraction of sp³-hybridized carbons (Fsp3) is 0.385. The standard InChI is InChI=1S/C13H15NO2/c1-9-8-16-13(14-9)12-5-3-11(4-6-12)7-10(2)15/h3-6,9H,7-8H2,1-2H3. The van der Waals surface area contributed by atoms with Crippen molar-refractivity contribution in [2.24, 2.45) is 4.99 Å². The average molecular weight is 217 g/mol. The molecule has 0 fully saturated rings. The molecule has 1 atom stereocenters. The smallest absolute Gasteiger partial charge is 0.216 e. The van der Waals surface area contributed by atoms with Gasteiger partial charge in [0.25, 0.3) is 0 Å². The number of carbonyl (C=O) groups excluding carboxylic acids is 1. The van der Waals surface area contributed by atoms with E-state index in [1.807, 2.05) is 31.2 Å². The van der Waals surface area contributed by atoms with E-state index in [-0.39, 0.29) is 11.8 Å². The van der Waals surface area contributed by atoms with Gasteiger partial charge in [-0.15, -0.1) is 0 Å². The first-order chi connectivity index (χ1) is 7.65. The SMILES string of the molecule is CC(=O)Cc1ccc(C2=NC(C)CO2)cc1. The van der Waals surface area contributed by atoms with Crippen molar-refractivity contribution in [1.82, 2.24) is 0 Å². The zero-order valence-corrected chi connectivity index (χ0v) is 9.56. The van der Waals surface area contributed by atoms with Gasteiger partial charge in [-0.25, -0.2) is 4.99 Å². The number of Topliss-reactive ketones (excluding diaryl/α,β-unsaturated/α-hetero) is 1. The molecule has 0 spiro atoms. The largest absolute Gasteiger partial charge is 0.475 e. The molecule has 2 rings (SSSR count). The summed E-state index contributed by atoms with van der Waals surface area (Å²) in [5.74, 6) is 0.887. The summed E-state index contributed by atoms with van der Waals surface area (Å²) in [7, 11) is 0. The van der Waals surface area contributed by atoms with E-state index in [2.05, 4.69) is 4.99 Å². The fourth-order valence-electron chi connectivity index (χ4n) is 1.68. The summed E-state index contributed by atoms with van der Waals surface area (Å²) in [6, 6.07) is 8.05. The van der Waals surface area contributed by atoms with Crippen LogP contribution in [0.25, 0.3) is 0 Å². The van der Waals surface area contributed by atoms with Crippen LogP contribution in [0.5, 0.6) is 0 Å². The molecule has 84 valence electrons. The third-order valence-corrected chi connectivity index (χ3v) is 2.45. The number of rotatable bonds is 3. The van der Waals surface area contributed by atoms with Gasteiger partial charge < -0.3 is 4.74 Å². The summed E-state index contributed by atoms with van der Waals surface area (Å²) in [6.07, 6.45) is 0.490. The minimum absolute atomic E-state index is 0.177. The molecule has 1 aliphatic heterocycles. The van der Waals surface area contributed by atoms with E-state index in [0.717, 1.165) is 11.1 Å². The van der Waals surface area contributed by atoms with Crippen LogP contribution in [-0.2, 0) is 16.0 Å². The number of hydrogen-bond donors (Lipinski definition) is 0. The second-order valence-electron chi connectivity index (χ2n) is 4.17. The Kier molecular flexibility index (Phi) is 3.04. The molecule has 1 unspecified atom stereocenters. The zero-order chi connectivity index (χ0) is 11.5. The quantitative estimate of drug-likeness (QED) is 0.776. The number of ketones is 1. The van der Waals surface area contributed by atoms with Gasteiger partial charge in [-0.3, -0.25) is 4.79 Å². The molecular weight excluding hydrogens is 202 g/mol. The summed E-state index contributed by atoms with van der Waals surface area (Å²) in [4.78, 5) is 15.3. The molecule has 0 amide bonds. The van der Waals surface area contributed by atoms with Crippen LogP contribution in [0, 0.1) is 0 Å². The maximum atomic E-state index is 10.9. The molecule has 0 bridgehead atoms. The van der Waals surface area contributed by atoms with E-state index in [0.29, 0.717) is 18.9 Å². The van der Waals surface area contributed by atoms with E-state index in [9.17, 15) is 4.79 Å². The maximum Gasteiger partial charge on any atom is 0.216 e. The third kappa shape index (κ3) is 2.48. The van der Waals surface area contributed by atoms with Crippen molar-refractivity contribution in [3.8, 4) is 0 Å². The number of nitrogens with zero attached hydrogens (tertiary/aromatic N) is 1. The van der Waals surface area contributed by atoms with E-state index < -0.39 is 0 Å². The van der Waals surface area contributed by atoms with Crippen LogP contribution in [0.15, 0.2) is 29.3 Å². The predicted molar refractivity (Wildman–Crippen MR) is 62.8 cm³/mol. The predicted octanol–water partition coefficient (Wildman–Crippen LogP) is 1.98. The van der Waals surface area contributed by atoms with Crippen molar-refractivity contribution in [3.63, 3.8) is 0 Å². The molecule has 1 heterocycles. The van der Waals surface area contributed by atoms with Crippen molar-refractivity contribution >= 4 is 11.7 Å². The van der Waals surface area contributed by atoms with Gasteiger partial charge in [-0.05, 0) is 31.5 Å². The minimum Gasteiger partial charge on any atom is -0.475 e. The van der Waals surface area contributed by atoms with Gasteiger partial charge in [0.1, 0.15) is 12.4 Å². The molecule has 0 saturated carbocycles. The van der Waals surface area contributed by atoms with Gasteiger partial charge in [0, 0.05) is 12.0 Å². The summed E-state index contributed by atoms with van der Waals surface area (Å²) < 4.78 is 5.46. The number of carbonyl (C=O) groups is 1. The van der Waals surface area contributed by atoms with Gasteiger partial charge in [-0.1, -0.05) is 12.1 Å². The summed E-state index contributed by atoms with van der Waals surface area (Å²) in [5, 5.41) is 0. The second kappa shape index (κ2) is 4.47. The molecule has 1 aromatic rings. The van der Waals surface area contributed by atoms with Crippen LogP contribution in [0.2, 0.25) is 0 Å². The van der Waals surface area contributed by atoms with Crippen LogP contribution in [0.4, 0.5) is 0 Å². The van der Waals surface area contributed by atoms with E-state index in [1.165, 1.54) is 0 Å². The van der Waals surface area contributed by atoms with Gasteiger partial charge in [0.05, 0.1) is 6.04 Å². The van der Waals surface area contributed by atoms with Crippen molar-refractivity contribution in [2.75, 3.05) is 6.61 Å². The van der Waals surface area contributed by atoms with Gasteiger partial charge in [0.2, 0.25) is 5.90 Å². The first-order valence-electron chi connectivity index (χ1n) is 5.44. The highest BCUT2D eigenvalue weighted by Gasteiger charge is 2.15. The van der Waals surface area contributed by atoms with Crippen molar-refractivity contribution in [3.05, 3.63) is 35.4 Å². The average Bonchev–Trinajstić information content (AvgIpc) is 2.65. The number of ether oxygens (including phenoxy) is 1. The fourth-order valence-corrected chi connectivity index (χ4v) is 1.68. The molecule has 1 aromatic carbocycles. The zero-order valence-electron chi connectivity index (χ0n) is 9.56. The van der Waals surface area contributed by atoms with Crippen LogP contribution in [0.3, 0.4) is 0 Å². The summed E-state index contributed by atoms with van der Waals surface area (Å²) in [5.41, 5.74) is 2.01. The Hall–Kier alpha value is -1.64. The molecular formula is C13H15NO2. The lowest BCUT2D eigenvalue weighted by molar-refractivity contribution is -0.116. The van der Waals surface area contributed by atoms with Crippen LogP contribution in [0.1, 0.15) is 25.0 Å². The van der Waals surface area contributed by atoms with Crippen molar-refractivity contribution in [2.45, 2.75) is 26.3 Å². The van der Waals surface area contributed by atoms with Gasteiger partial charge in [0.15, 0.2) is 0 Å². The Morgan fingerprint density at radius 1 is 1.44 bits per heavy atom. The van der Waals surface area contributed by atoms with Gasteiger partial charge in [-0.2, -0.15) is 0 Å². The normalized spacial score (nSPS) is 19.1. The lowest BCUT2D eigenvalue weighted by Crippen LogP contribution is -2.02. The highest BCUT2D eigenvalue weighted by Crippen LogP contribution is 2.13. The van der Waals surface area contributed by atoms with Crippen LogP contribution in [-0.4, -0.2) is 24.3 Å². The lowest BCUT2D eigenvalue weighted by atomic mass is 10.1. The Balaban J connectivity index is 2.13. The van der Waals surface area contributed by atoms with Crippen LogP contribution >= 0.6 is 0 Å². The van der Waals surface area contributed by atoms with E-state index in [4.69, 9.17) is 4.74 Å². The minimum atomic E-state index is 0.177. The topological polar surface area (TPSA) is 38.7 Å². The Morgan fingerprint density at radius 2 is 2.12 bits per heavy atom. The Bertz CT molecular complexity index is 420. The van der Waals surface area contributed by atoms with E-state index in [1.54, 1.807) is 6.92 Å². The highest BCUT2D eigenvalue weighted by atomic mass is 16.5. The number of hydrogen-bond acceptors (Lipinski definition) is 3. The first kappa shape index (κ1) is 10.9. The molecule has 3 heteroatoms. The van der Waals surface area contributed by atoms with Crippen molar-refractivity contribution < 1.29 is 9.53 Å². The molecule has 0 N–H and O–H groups in total. The third-order valence-electron chi connectivity index (χ3n) is 2.45. The highest BCUT2D eigenvalue weighted by molar-refractivity contribution is 5.95. The monoisotopic (exact) mass is 217 g/mol. The lowest BCUT2D eigenvalue weighted by Gasteiger charge is -2.02. The maximum absolute atomic E-state index is 10.9. The molecule has 0 aromatic heterocycles. The number of aliphatic imine (C=N–C) groups is 1. The second-order valence-corrected chi connectivity index (χ2v) is 4.17. The molecule has 16 heavy (non-hydrogen) atoms.